The molecule has 8 nitrogen and oxygen atoms in total. The van der Waals surface area contributed by atoms with Gasteiger partial charge in [0.25, 0.3) is 11.5 Å². The normalized spacial score (nSPS) is 11.0. The molecule has 2 aromatic heterocycles. The van der Waals surface area contributed by atoms with Gasteiger partial charge in [-0.3, -0.25) is 18.6 Å². The van der Waals surface area contributed by atoms with Crippen LogP contribution in [0, 0.1) is 0 Å². The number of hydrogen-bond donors (Lipinski definition) is 2. The van der Waals surface area contributed by atoms with E-state index in [4.69, 9.17) is 0 Å². The molecule has 0 saturated carbocycles. The zero-order valence-corrected chi connectivity index (χ0v) is 14.9. The van der Waals surface area contributed by atoms with Crippen LogP contribution in [0.2, 0.25) is 0 Å². The fourth-order valence-electron chi connectivity index (χ4n) is 3.10. The average Bonchev–Trinajstić information content (AvgIpc) is 3.14. The first-order chi connectivity index (χ1) is 13.1. The van der Waals surface area contributed by atoms with E-state index >= 15 is 0 Å². The highest BCUT2D eigenvalue weighted by Crippen LogP contribution is 2.16. The molecular weight excluding hydrogens is 344 g/mol. The first kappa shape index (κ1) is 16.8. The number of fused-ring (bicyclic) bond motifs is 3. The van der Waals surface area contributed by atoms with Crippen molar-refractivity contribution >= 4 is 28.3 Å². The number of carbonyl (C=O) groups is 1. The number of benzene rings is 2. The maximum atomic E-state index is 12.5. The third-order valence-electron chi connectivity index (χ3n) is 4.50. The summed E-state index contributed by atoms with van der Waals surface area (Å²) in [6.45, 7) is 0.389. The molecule has 0 spiro atoms. The van der Waals surface area contributed by atoms with Gasteiger partial charge in [-0.25, -0.2) is 0 Å². The second-order valence-electron chi connectivity index (χ2n) is 6.15. The Morgan fingerprint density at radius 1 is 1.11 bits per heavy atom. The first-order valence-electron chi connectivity index (χ1n) is 8.48. The van der Waals surface area contributed by atoms with Crippen LogP contribution >= 0.6 is 0 Å². The third kappa shape index (κ3) is 2.80. The van der Waals surface area contributed by atoms with E-state index in [2.05, 4.69) is 20.8 Å². The highest BCUT2D eigenvalue weighted by molar-refractivity contribution is 5.94. The lowest BCUT2D eigenvalue weighted by Gasteiger charge is -2.10. The molecule has 2 heterocycles. The van der Waals surface area contributed by atoms with Crippen LogP contribution in [0.15, 0.2) is 53.3 Å². The van der Waals surface area contributed by atoms with E-state index in [-0.39, 0.29) is 11.5 Å². The molecule has 1 amide bonds. The van der Waals surface area contributed by atoms with Gasteiger partial charge in [0.1, 0.15) is 0 Å². The minimum Gasteiger partial charge on any atom is -0.378 e. The number of anilines is 1. The largest absolute Gasteiger partial charge is 0.378 e. The summed E-state index contributed by atoms with van der Waals surface area (Å²) >= 11 is 0. The number of aromatic nitrogens is 4. The Balaban J connectivity index is 1.74. The summed E-state index contributed by atoms with van der Waals surface area (Å²) < 4.78 is 3.36. The first-order valence-corrected chi connectivity index (χ1v) is 8.48. The van der Waals surface area contributed by atoms with E-state index in [1.807, 2.05) is 34.7 Å². The van der Waals surface area contributed by atoms with Crippen molar-refractivity contribution in [3.05, 3.63) is 70.3 Å². The van der Waals surface area contributed by atoms with Crippen molar-refractivity contribution in [3.8, 4) is 0 Å². The number of nitrogens with one attached hydrogen (secondary N) is 2. The minimum absolute atomic E-state index is 0.108. The van der Waals surface area contributed by atoms with E-state index in [1.54, 1.807) is 32.3 Å². The molecule has 0 saturated heterocycles. The van der Waals surface area contributed by atoms with Gasteiger partial charge in [-0.2, -0.15) is 0 Å². The average molecular weight is 362 g/mol. The van der Waals surface area contributed by atoms with Gasteiger partial charge in [0.2, 0.25) is 5.78 Å². The van der Waals surface area contributed by atoms with Crippen LogP contribution in [-0.4, -0.2) is 32.1 Å². The van der Waals surface area contributed by atoms with E-state index in [9.17, 15) is 9.59 Å². The van der Waals surface area contributed by atoms with E-state index < -0.39 is 0 Å². The molecule has 27 heavy (non-hydrogen) atoms. The summed E-state index contributed by atoms with van der Waals surface area (Å²) in [6.07, 6.45) is 0. The van der Waals surface area contributed by atoms with Crippen molar-refractivity contribution in [2.75, 3.05) is 12.4 Å². The van der Waals surface area contributed by atoms with Gasteiger partial charge in [-0.1, -0.05) is 18.2 Å². The SMILES string of the molecule is CNC(=O)c1cccc(NCc2nnc3n(C)c(=O)c4ccccc4n23)c1. The van der Waals surface area contributed by atoms with Crippen LogP contribution in [-0.2, 0) is 13.6 Å². The van der Waals surface area contributed by atoms with Crippen molar-refractivity contribution in [2.24, 2.45) is 7.05 Å². The molecule has 2 aromatic carbocycles. The molecule has 0 aliphatic rings. The summed E-state index contributed by atoms with van der Waals surface area (Å²) in [4.78, 5) is 24.3. The molecule has 0 unspecified atom stereocenters. The van der Waals surface area contributed by atoms with Gasteiger partial charge in [-0.05, 0) is 30.3 Å². The Bertz CT molecular complexity index is 1220. The van der Waals surface area contributed by atoms with Gasteiger partial charge >= 0.3 is 0 Å². The Labute approximate surface area is 154 Å². The number of carbonyl (C=O) groups excluding carboxylic acids is 1. The summed E-state index contributed by atoms with van der Waals surface area (Å²) in [5.41, 5.74) is 2.02. The summed E-state index contributed by atoms with van der Waals surface area (Å²) in [6, 6.07) is 14.6. The predicted molar refractivity (Wildman–Crippen MR) is 103 cm³/mol. The maximum absolute atomic E-state index is 12.5. The molecular formula is C19H18N6O2. The van der Waals surface area contributed by atoms with Crippen LogP contribution in [0.3, 0.4) is 0 Å². The fourth-order valence-corrected chi connectivity index (χ4v) is 3.10. The second-order valence-corrected chi connectivity index (χ2v) is 6.15. The standard InChI is InChI=1S/C19H18N6O2/c1-20-17(26)12-6-5-7-13(10-12)21-11-16-22-23-19-24(2)18(27)14-8-3-4-9-15(14)25(16)19/h3-10,21H,11H2,1-2H3,(H,20,26). The molecule has 0 aliphatic heterocycles. The van der Waals surface area contributed by atoms with Crippen molar-refractivity contribution in [1.82, 2.24) is 24.5 Å². The molecule has 0 bridgehead atoms. The molecule has 4 aromatic rings. The predicted octanol–water partition coefficient (Wildman–Crippen LogP) is 1.55. The van der Waals surface area contributed by atoms with Crippen LogP contribution < -0.4 is 16.2 Å². The Hall–Kier alpha value is -3.68. The Morgan fingerprint density at radius 3 is 2.74 bits per heavy atom. The zero-order chi connectivity index (χ0) is 19.0. The number of amides is 1. The lowest BCUT2D eigenvalue weighted by atomic mass is 10.2. The van der Waals surface area contributed by atoms with Crippen molar-refractivity contribution in [2.45, 2.75) is 6.54 Å². The third-order valence-corrected chi connectivity index (χ3v) is 4.50. The van der Waals surface area contributed by atoms with Gasteiger partial charge in [-0.15, -0.1) is 10.2 Å². The van der Waals surface area contributed by atoms with Crippen LogP contribution in [0.5, 0.6) is 0 Å². The number of aryl methyl sites for hydroxylation is 1. The number of hydrogen-bond acceptors (Lipinski definition) is 5. The zero-order valence-electron chi connectivity index (χ0n) is 14.9. The molecule has 0 atom stereocenters. The van der Waals surface area contributed by atoms with Gasteiger partial charge in [0.05, 0.1) is 17.4 Å². The molecule has 0 fully saturated rings. The summed E-state index contributed by atoms with van der Waals surface area (Å²) in [5, 5.41) is 14.9. The topological polar surface area (TPSA) is 93.3 Å². The number of para-hydroxylation sites is 1. The Kier molecular flexibility index (Phi) is 4.08. The van der Waals surface area contributed by atoms with Gasteiger partial charge in [0, 0.05) is 25.3 Å². The molecule has 0 aliphatic carbocycles. The van der Waals surface area contributed by atoms with E-state index in [0.29, 0.717) is 29.1 Å². The monoisotopic (exact) mass is 362 g/mol. The second kappa shape index (κ2) is 6.56. The summed E-state index contributed by atoms with van der Waals surface area (Å²) in [5.74, 6) is 1.00. The van der Waals surface area contributed by atoms with Crippen LogP contribution in [0.25, 0.3) is 16.7 Å². The van der Waals surface area contributed by atoms with Crippen molar-refractivity contribution in [3.63, 3.8) is 0 Å². The van der Waals surface area contributed by atoms with Crippen LogP contribution in [0.1, 0.15) is 16.2 Å². The highest BCUT2D eigenvalue weighted by atomic mass is 16.1. The Morgan fingerprint density at radius 2 is 1.93 bits per heavy atom. The maximum Gasteiger partial charge on any atom is 0.262 e. The summed E-state index contributed by atoms with van der Waals surface area (Å²) in [7, 11) is 3.28. The lowest BCUT2D eigenvalue weighted by Crippen LogP contribution is -2.20. The molecule has 4 rings (SSSR count). The number of rotatable bonds is 4. The quantitative estimate of drug-likeness (QED) is 0.575. The van der Waals surface area contributed by atoms with Crippen LogP contribution in [0.4, 0.5) is 5.69 Å². The van der Waals surface area contributed by atoms with E-state index in [1.165, 1.54) is 4.57 Å². The molecule has 8 heteroatoms. The molecule has 2 N–H and O–H groups in total. The van der Waals surface area contributed by atoms with Crippen molar-refractivity contribution in [1.29, 1.82) is 0 Å². The molecule has 136 valence electrons. The number of nitrogens with zero attached hydrogens (tertiary/aromatic N) is 4. The molecule has 0 radical (unpaired) electrons. The van der Waals surface area contributed by atoms with Gasteiger partial charge < -0.3 is 10.6 Å². The highest BCUT2D eigenvalue weighted by Gasteiger charge is 2.14. The smallest absolute Gasteiger partial charge is 0.262 e. The van der Waals surface area contributed by atoms with E-state index in [0.717, 1.165) is 11.2 Å². The van der Waals surface area contributed by atoms with Crippen molar-refractivity contribution < 1.29 is 4.79 Å². The van der Waals surface area contributed by atoms with Gasteiger partial charge in [0.15, 0.2) is 5.82 Å². The lowest BCUT2D eigenvalue weighted by molar-refractivity contribution is 0.0963. The fraction of sp³-hybridized carbons (Fsp3) is 0.158. The minimum atomic E-state index is -0.146.